The van der Waals surface area contributed by atoms with Crippen LogP contribution in [-0.2, 0) is 0 Å². The maximum atomic E-state index is 11.4. The minimum atomic E-state index is -0.245. The van der Waals surface area contributed by atoms with Crippen molar-refractivity contribution in [3.8, 4) is 0 Å². The summed E-state index contributed by atoms with van der Waals surface area (Å²) >= 11 is 7.47. The number of H-pyrrole nitrogens is 1. The lowest BCUT2D eigenvalue weighted by Crippen LogP contribution is -2.10. The lowest BCUT2D eigenvalue weighted by Gasteiger charge is -2.00. The van der Waals surface area contributed by atoms with Crippen LogP contribution in [0.4, 0.5) is 16.8 Å². The second-order valence-corrected chi connectivity index (χ2v) is 6.16. The van der Waals surface area contributed by atoms with E-state index < -0.39 is 0 Å². The van der Waals surface area contributed by atoms with E-state index in [2.05, 4.69) is 30.8 Å². The average molecular weight is 361 g/mol. The molecule has 3 aromatic rings. The van der Waals surface area contributed by atoms with Gasteiger partial charge in [0.05, 0.1) is 11.1 Å². The zero-order chi connectivity index (χ0) is 16.9. The molecule has 0 saturated carbocycles. The SMILES string of the molecule is Cc1cc(=O)[nH]c(N/N=C/c2sc(Nc3ccccc3)nc2Cl)n1. The number of para-hydroxylation sites is 1. The quantitative estimate of drug-likeness (QED) is 0.479. The highest BCUT2D eigenvalue weighted by atomic mass is 35.5. The molecule has 0 aliphatic heterocycles. The van der Waals surface area contributed by atoms with Crippen LogP contribution in [0.5, 0.6) is 0 Å². The van der Waals surface area contributed by atoms with Crippen LogP contribution in [0, 0.1) is 6.92 Å². The van der Waals surface area contributed by atoms with Crippen molar-refractivity contribution in [1.82, 2.24) is 15.0 Å². The average Bonchev–Trinajstić information content (AvgIpc) is 2.87. The molecule has 0 aliphatic rings. The Bertz CT molecular complexity index is 921. The monoisotopic (exact) mass is 360 g/mol. The molecule has 0 amide bonds. The van der Waals surface area contributed by atoms with E-state index in [1.807, 2.05) is 30.3 Å². The van der Waals surface area contributed by atoms with Crippen LogP contribution in [0.2, 0.25) is 5.15 Å². The van der Waals surface area contributed by atoms with Gasteiger partial charge in [0.25, 0.3) is 5.56 Å². The van der Waals surface area contributed by atoms with E-state index >= 15 is 0 Å². The number of aromatic nitrogens is 3. The van der Waals surface area contributed by atoms with Crippen LogP contribution in [0.1, 0.15) is 10.6 Å². The van der Waals surface area contributed by atoms with Gasteiger partial charge in [0.15, 0.2) is 10.3 Å². The Balaban J connectivity index is 1.70. The Morgan fingerprint density at radius 2 is 2.08 bits per heavy atom. The van der Waals surface area contributed by atoms with Crippen molar-refractivity contribution in [2.75, 3.05) is 10.7 Å². The molecule has 9 heteroatoms. The van der Waals surface area contributed by atoms with Crippen molar-refractivity contribution in [2.45, 2.75) is 6.92 Å². The molecule has 0 bridgehead atoms. The third kappa shape index (κ3) is 4.18. The summed E-state index contributed by atoms with van der Waals surface area (Å²) in [5.41, 5.74) is 3.94. The molecule has 0 spiro atoms. The summed E-state index contributed by atoms with van der Waals surface area (Å²) in [7, 11) is 0. The summed E-state index contributed by atoms with van der Waals surface area (Å²) in [5, 5.41) is 8.20. The number of hydrazone groups is 1. The van der Waals surface area contributed by atoms with Gasteiger partial charge in [-0.2, -0.15) is 5.10 Å². The Kier molecular flexibility index (Phi) is 4.88. The molecule has 2 aromatic heterocycles. The largest absolute Gasteiger partial charge is 0.331 e. The summed E-state index contributed by atoms with van der Waals surface area (Å²) in [6.45, 7) is 1.73. The number of rotatable bonds is 5. The van der Waals surface area contributed by atoms with Crippen molar-refractivity contribution in [3.63, 3.8) is 0 Å². The van der Waals surface area contributed by atoms with E-state index in [9.17, 15) is 4.79 Å². The number of nitrogens with zero attached hydrogens (tertiary/aromatic N) is 3. The van der Waals surface area contributed by atoms with E-state index in [0.29, 0.717) is 20.9 Å². The van der Waals surface area contributed by atoms with Gasteiger partial charge in [0.2, 0.25) is 5.95 Å². The molecule has 0 atom stereocenters. The number of benzene rings is 1. The van der Waals surface area contributed by atoms with E-state index in [1.54, 1.807) is 6.92 Å². The zero-order valence-electron chi connectivity index (χ0n) is 12.6. The van der Waals surface area contributed by atoms with Crippen molar-refractivity contribution in [2.24, 2.45) is 5.10 Å². The Morgan fingerprint density at radius 3 is 2.83 bits per heavy atom. The minimum absolute atomic E-state index is 0.245. The molecule has 7 nitrogen and oxygen atoms in total. The summed E-state index contributed by atoms with van der Waals surface area (Å²) in [6, 6.07) is 11.1. The topological polar surface area (TPSA) is 95.1 Å². The van der Waals surface area contributed by atoms with Crippen LogP contribution in [0.3, 0.4) is 0 Å². The predicted molar refractivity (Wildman–Crippen MR) is 97.7 cm³/mol. The number of thiazole rings is 1. The molecule has 1 aromatic carbocycles. The van der Waals surface area contributed by atoms with E-state index in [1.165, 1.54) is 23.6 Å². The fourth-order valence-corrected chi connectivity index (χ4v) is 2.92. The summed E-state index contributed by atoms with van der Waals surface area (Å²) in [4.78, 5) is 22.9. The molecule has 0 fully saturated rings. The second-order valence-electron chi connectivity index (χ2n) is 4.77. The Labute approximate surface area is 146 Å². The smallest absolute Gasteiger partial charge is 0.252 e. The number of hydrogen-bond donors (Lipinski definition) is 3. The molecule has 122 valence electrons. The van der Waals surface area contributed by atoms with E-state index in [0.717, 1.165) is 5.69 Å². The maximum absolute atomic E-state index is 11.4. The van der Waals surface area contributed by atoms with Crippen molar-refractivity contribution in [3.05, 3.63) is 62.5 Å². The van der Waals surface area contributed by atoms with Gasteiger partial charge in [0, 0.05) is 17.4 Å². The first-order valence-electron chi connectivity index (χ1n) is 6.95. The van der Waals surface area contributed by atoms with Gasteiger partial charge in [-0.05, 0) is 19.1 Å². The van der Waals surface area contributed by atoms with Crippen molar-refractivity contribution < 1.29 is 0 Å². The van der Waals surface area contributed by atoms with Crippen LogP contribution in [0.25, 0.3) is 0 Å². The normalized spacial score (nSPS) is 10.9. The lowest BCUT2D eigenvalue weighted by atomic mass is 10.3. The number of hydrogen-bond acceptors (Lipinski definition) is 7. The minimum Gasteiger partial charge on any atom is -0.331 e. The van der Waals surface area contributed by atoms with Crippen molar-refractivity contribution in [1.29, 1.82) is 0 Å². The first-order chi connectivity index (χ1) is 11.6. The number of halogens is 1. The third-order valence-corrected chi connectivity index (χ3v) is 4.16. The van der Waals surface area contributed by atoms with Gasteiger partial charge in [0.1, 0.15) is 0 Å². The molecule has 24 heavy (non-hydrogen) atoms. The lowest BCUT2D eigenvalue weighted by molar-refractivity contribution is 1.04. The number of aryl methyl sites for hydroxylation is 1. The van der Waals surface area contributed by atoms with E-state index in [-0.39, 0.29) is 11.5 Å². The van der Waals surface area contributed by atoms with Gasteiger partial charge in [-0.1, -0.05) is 41.1 Å². The maximum Gasteiger partial charge on any atom is 0.252 e. The first kappa shape index (κ1) is 16.2. The van der Waals surface area contributed by atoms with Gasteiger partial charge in [-0.3, -0.25) is 9.78 Å². The molecule has 3 rings (SSSR count). The highest BCUT2D eigenvalue weighted by Crippen LogP contribution is 2.27. The fourth-order valence-electron chi connectivity index (χ4n) is 1.88. The van der Waals surface area contributed by atoms with Crippen LogP contribution in [-0.4, -0.2) is 21.2 Å². The van der Waals surface area contributed by atoms with Gasteiger partial charge < -0.3 is 5.32 Å². The zero-order valence-corrected chi connectivity index (χ0v) is 14.1. The summed E-state index contributed by atoms with van der Waals surface area (Å²) < 4.78 is 0. The standard InChI is InChI=1S/C15H13ClN6OS/c1-9-7-12(23)20-14(18-9)22-17-8-11-13(16)21-15(24-11)19-10-5-3-2-4-6-10/h2-8H,1H3,(H,19,21)(H2,18,20,22,23)/b17-8+. The Hall–Kier alpha value is -2.71. The molecule has 2 heterocycles. The highest BCUT2D eigenvalue weighted by molar-refractivity contribution is 7.17. The highest BCUT2D eigenvalue weighted by Gasteiger charge is 2.07. The molecular formula is C15H13ClN6OS. The number of anilines is 3. The van der Waals surface area contributed by atoms with Crippen LogP contribution < -0.4 is 16.3 Å². The molecule has 0 unspecified atom stereocenters. The molecule has 0 saturated heterocycles. The number of nitrogens with one attached hydrogen (secondary N) is 3. The fraction of sp³-hybridized carbons (Fsp3) is 0.0667. The molecular weight excluding hydrogens is 348 g/mol. The van der Waals surface area contributed by atoms with Crippen LogP contribution in [0.15, 0.2) is 46.3 Å². The van der Waals surface area contributed by atoms with Gasteiger partial charge in [-0.15, -0.1) is 0 Å². The molecule has 0 radical (unpaired) electrons. The molecule has 3 N–H and O–H groups in total. The first-order valence-corrected chi connectivity index (χ1v) is 8.15. The second kappa shape index (κ2) is 7.24. The summed E-state index contributed by atoms with van der Waals surface area (Å²) in [6.07, 6.45) is 1.53. The van der Waals surface area contributed by atoms with Gasteiger partial charge in [-0.25, -0.2) is 15.4 Å². The number of aromatic amines is 1. The van der Waals surface area contributed by atoms with Crippen LogP contribution >= 0.6 is 22.9 Å². The van der Waals surface area contributed by atoms with Crippen molar-refractivity contribution >= 4 is 45.9 Å². The summed E-state index contributed by atoms with van der Waals surface area (Å²) in [5.74, 6) is 0.263. The Morgan fingerprint density at radius 1 is 1.29 bits per heavy atom. The van der Waals surface area contributed by atoms with E-state index in [4.69, 9.17) is 11.6 Å². The third-order valence-electron chi connectivity index (χ3n) is 2.86. The van der Waals surface area contributed by atoms with Gasteiger partial charge >= 0.3 is 0 Å². The predicted octanol–water partition coefficient (Wildman–Crippen LogP) is 3.38. The molecule has 0 aliphatic carbocycles.